The third-order valence-corrected chi connectivity index (χ3v) is 5.14. The molecule has 0 saturated carbocycles. The first-order valence-corrected chi connectivity index (χ1v) is 9.26. The van der Waals surface area contributed by atoms with Crippen LogP contribution in [0.4, 0.5) is 0 Å². The van der Waals surface area contributed by atoms with Crippen LogP contribution in [0.1, 0.15) is 36.7 Å². The molecule has 1 atom stereocenters. The highest BCUT2D eigenvalue weighted by Crippen LogP contribution is 2.36. The second-order valence-electron chi connectivity index (χ2n) is 5.14. The number of amides is 1. The third kappa shape index (κ3) is 5.00. The van der Waals surface area contributed by atoms with E-state index < -0.39 is 17.6 Å². The second kappa shape index (κ2) is 10.1. The van der Waals surface area contributed by atoms with E-state index in [0.29, 0.717) is 17.1 Å². The lowest BCUT2D eigenvalue weighted by molar-refractivity contribution is -0.150. The topological polar surface area (TPSA) is 64.6 Å². The molecule has 1 aliphatic rings. The molecule has 0 aromatic heterocycles. The van der Waals surface area contributed by atoms with Gasteiger partial charge in [-0.2, -0.15) is 11.8 Å². The minimum absolute atomic E-state index is 0.343. The molecule has 1 aliphatic heterocycles. The van der Waals surface area contributed by atoms with Crippen LogP contribution in [0.5, 0.6) is 0 Å². The molecule has 1 N–H and O–H groups in total. The van der Waals surface area contributed by atoms with Gasteiger partial charge in [-0.1, -0.05) is 19.8 Å². The molecule has 0 spiro atoms. The average Bonchev–Trinajstić information content (AvgIpc) is 2.62. The highest BCUT2D eigenvalue weighted by Gasteiger charge is 2.50. The Bertz CT molecular complexity index is 636. The van der Waals surface area contributed by atoms with E-state index in [4.69, 9.17) is 9.47 Å². The second-order valence-corrected chi connectivity index (χ2v) is 6.13. The van der Waals surface area contributed by atoms with Crippen LogP contribution in [0.3, 0.4) is 0 Å². The summed E-state index contributed by atoms with van der Waals surface area (Å²) in [4.78, 5) is 24.5. The van der Waals surface area contributed by atoms with Crippen molar-refractivity contribution in [1.82, 2.24) is 5.32 Å². The summed E-state index contributed by atoms with van der Waals surface area (Å²) >= 11 is 1.66. The summed E-state index contributed by atoms with van der Waals surface area (Å²) in [6.45, 7) is 5.75. The molecule has 25 heavy (non-hydrogen) atoms. The van der Waals surface area contributed by atoms with E-state index in [-0.39, 0.29) is 5.91 Å². The standard InChI is InChI=1S/C17H19NO4S.C2H6/c1-4-5-12-6-8-13(9-7-12)15(19)18-14(16(20)21-2)17(22-3)10-23-11-17;1-2/h6-9,14H,10-11H2,1-3H3,(H,18,19);1-2H3. The molecule has 1 fully saturated rings. The van der Waals surface area contributed by atoms with Crippen LogP contribution in [0.15, 0.2) is 24.3 Å². The van der Waals surface area contributed by atoms with Crippen LogP contribution in [0.2, 0.25) is 0 Å². The fourth-order valence-corrected chi connectivity index (χ4v) is 3.47. The molecule has 1 saturated heterocycles. The summed E-state index contributed by atoms with van der Waals surface area (Å²) in [7, 11) is 2.84. The largest absolute Gasteiger partial charge is 0.467 e. The summed E-state index contributed by atoms with van der Waals surface area (Å²) in [5, 5.41) is 2.74. The van der Waals surface area contributed by atoms with Gasteiger partial charge in [-0.25, -0.2) is 4.79 Å². The molecule has 1 aromatic rings. The van der Waals surface area contributed by atoms with E-state index in [1.807, 2.05) is 13.8 Å². The molecule has 1 unspecified atom stereocenters. The first kappa shape index (κ1) is 21.1. The summed E-state index contributed by atoms with van der Waals surface area (Å²) in [5.74, 6) is 6.13. The number of benzene rings is 1. The van der Waals surface area contributed by atoms with Crippen LogP contribution in [-0.2, 0) is 14.3 Å². The lowest BCUT2D eigenvalue weighted by atomic mass is 9.96. The molecule has 1 heterocycles. The molecule has 0 radical (unpaired) electrons. The van der Waals surface area contributed by atoms with E-state index in [0.717, 1.165) is 5.56 Å². The van der Waals surface area contributed by atoms with Gasteiger partial charge in [0.05, 0.1) is 7.11 Å². The Morgan fingerprint density at radius 2 is 1.80 bits per heavy atom. The van der Waals surface area contributed by atoms with Gasteiger partial charge >= 0.3 is 5.97 Å². The predicted octanol–water partition coefficient (Wildman–Crippen LogP) is 2.49. The van der Waals surface area contributed by atoms with Crippen molar-refractivity contribution in [3.63, 3.8) is 0 Å². The van der Waals surface area contributed by atoms with Gasteiger partial charge in [-0.3, -0.25) is 4.79 Å². The Morgan fingerprint density at radius 1 is 1.20 bits per heavy atom. The van der Waals surface area contributed by atoms with Gasteiger partial charge in [-0.15, -0.1) is 5.92 Å². The molecular weight excluding hydrogens is 338 g/mol. The van der Waals surface area contributed by atoms with E-state index >= 15 is 0 Å². The number of rotatable bonds is 5. The summed E-state index contributed by atoms with van der Waals surface area (Å²) in [6.07, 6.45) is 0. The summed E-state index contributed by atoms with van der Waals surface area (Å²) in [5.41, 5.74) is 0.581. The number of hydrogen-bond donors (Lipinski definition) is 1. The Balaban J connectivity index is 0.00000151. The van der Waals surface area contributed by atoms with E-state index in [1.54, 1.807) is 50.1 Å². The molecule has 1 amide bonds. The molecule has 0 bridgehead atoms. The highest BCUT2D eigenvalue weighted by molar-refractivity contribution is 8.00. The lowest BCUT2D eigenvalue weighted by Crippen LogP contribution is -2.65. The predicted molar refractivity (Wildman–Crippen MR) is 101 cm³/mol. The van der Waals surface area contributed by atoms with Crippen molar-refractivity contribution in [3.05, 3.63) is 35.4 Å². The number of ether oxygens (including phenoxy) is 2. The fourth-order valence-electron chi connectivity index (χ4n) is 2.29. The number of esters is 1. The third-order valence-electron chi connectivity index (χ3n) is 3.75. The van der Waals surface area contributed by atoms with E-state index in [1.165, 1.54) is 7.11 Å². The van der Waals surface area contributed by atoms with Gasteiger partial charge in [0.2, 0.25) is 0 Å². The smallest absolute Gasteiger partial charge is 0.331 e. The lowest BCUT2D eigenvalue weighted by Gasteiger charge is -2.44. The number of hydrogen-bond acceptors (Lipinski definition) is 5. The van der Waals surface area contributed by atoms with E-state index in [2.05, 4.69) is 17.2 Å². The maximum Gasteiger partial charge on any atom is 0.331 e. The zero-order valence-corrected chi connectivity index (χ0v) is 16.2. The summed E-state index contributed by atoms with van der Waals surface area (Å²) in [6, 6.07) is 6.06. The Labute approximate surface area is 153 Å². The van der Waals surface area contributed by atoms with Crippen molar-refractivity contribution in [1.29, 1.82) is 0 Å². The molecule has 136 valence electrons. The van der Waals surface area contributed by atoms with Crippen molar-refractivity contribution in [2.24, 2.45) is 0 Å². The SMILES string of the molecule is CC.CC#Cc1ccc(C(=O)NC(C(=O)OC)C2(OC)CSC2)cc1. The van der Waals surface area contributed by atoms with Crippen LogP contribution >= 0.6 is 11.8 Å². The fraction of sp³-hybridized carbons (Fsp3) is 0.474. The van der Waals surface area contributed by atoms with Crippen LogP contribution in [0.25, 0.3) is 0 Å². The van der Waals surface area contributed by atoms with Gasteiger partial charge in [0.25, 0.3) is 5.91 Å². The first-order chi connectivity index (χ1) is 12.1. The zero-order chi connectivity index (χ0) is 18.9. The molecular formula is C19H25NO4S. The Hall–Kier alpha value is -1.97. The first-order valence-electron chi connectivity index (χ1n) is 8.10. The van der Waals surface area contributed by atoms with Gasteiger partial charge in [0, 0.05) is 29.7 Å². The van der Waals surface area contributed by atoms with Crippen molar-refractivity contribution < 1.29 is 19.1 Å². The highest BCUT2D eigenvalue weighted by atomic mass is 32.2. The van der Waals surface area contributed by atoms with Gasteiger partial charge in [0.1, 0.15) is 5.60 Å². The maximum absolute atomic E-state index is 12.4. The van der Waals surface area contributed by atoms with Crippen molar-refractivity contribution in [3.8, 4) is 11.8 Å². The Morgan fingerprint density at radius 3 is 2.20 bits per heavy atom. The van der Waals surface area contributed by atoms with E-state index in [9.17, 15) is 9.59 Å². The Kier molecular flexibility index (Phi) is 8.53. The van der Waals surface area contributed by atoms with Crippen LogP contribution in [0, 0.1) is 11.8 Å². The normalized spacial score (nSPS) is 15.2. The minimum atomic E-state index is -0.832. The average molecular weight is 363 g/mol. The van der Waals surface area contributed by atoms with Crippen molar-refractivity contribution in [2.45, 2.75) is 32.4 Å². The molecule has 6 heteroatoms. The molecule has 5 nitrogen and oxygen atoms in total. The van der Waals surface area contributed by atoms with Crippen molar-refractivity contribution >= 4 is 23.6 Å². The quantitative estimate of drug-likeness (QED) is 0.643. The zero-order valence-electron chi connectivity index (χ0n) is 15.3. The minimum Gasteiger partial charge on any atom is -0.467 e. The van der Waals surface area contributed by atoms with Gasteiger partial charge in [-0.05, 0) is 31.2 Å². The molecule has 1 aromatic carbocycles. The number of thioether (sulfide) groups is 1. The monoisotopic (exact) mass is 363 g/mol. The molecule has 2 rings (SSSR count). The molecule has 0 aliphatic carbocycles. The number of nitrogens with one attached hydrogen (secondary N) is 1. The number of methoxy groups -OCH3 is 2. The number of carbonyl (C=O) groups excluding carboxylic acids is 2. The number of carbonyl (C=O) groups is 2. The van der Waals surface area contributed by atoms with Gasteiger partial charge < -0.3 is 14.8 Å². The van der Waals surface area contributed by atoms with Crippen molar-refractivity contribution in [2.75, 3.05) is 25.7 Å². The van der Waals surface area contributed by atoms with Gasteiger partial charge in [0.15, 0.2) is 6.04 Å². The van der Waals surface area contributed by atoms with Crippen LogP contribution < -0.4 is 5.32 Å². The van der Waals surface area contributed by atoms with Crippen LogP contribution in [-0.4, -0.2) is 49.2 Å². The maximum atomic E-state index is 12.4. The summed E-state index contributed by atoms with van der Waals surface area (Å²) < 4.78 is 10.3.